The van der Waals surface area contributed by atoms with Gasteiger partial charge in [0.2, 0.25) is 0 Å². The smallest absolute Gasteiger partial charge is 0.140 e. The van der Waals surface area contributed by atoms with Crippen LogP contribution in [0.1, 0.15) is 44.0 Å². The van der Waals surface area contributed by atoms with Crippen LogP contribution in [0.25, 0.3) is 5.65 Å². The van der Waals surface area contributed by atoms with Crippen LogP contribution >= 0.6 is 0 Å². The van der Waals surface area contributed by atoms with Crippen molar-refractivity contribution in [3.63, 3.8) is 0 Å². The number of hydrogen-bond donors (Lipinski definition) is 0. The second kappa shape index (κ2) is 3.09. The van der Waals surface area contributed by atoms with Gasteiger partial charge in [0, 0.05) is 23.7 Å². The predicted molar refractivity (Wildman–Crippen MR) is 65.9 cm³/mol. The number of aryl methyl sites for hydroxylation is 2. The van der Waals surface area contributed by atoms with Gasteiger partial charge in [0.25, 0.3) is 0 Å². The number of pyridine rings is 1. The molecule has 2 nitrogen and oxygen atoms in total. The van der Waals surface area contributed by atoms with Crippen LogP contribution in [0.4, 0.5) is 0 Å². The Bertz CT molecular complexity index is 544. The molecule has 16 heavy (non-hydrogen) atoms. The van der Waals surface area contributed by atoms with Crippen molar-refractivity contribution in [2.75, 3.05) is 0 Å². The molecule has 0 saturated carbocycles. The Labute approximate surface area is 96.3 Å². The Morgan fingerprint density at radius 3 is 2.81 bits per heavy atom. The lowest BCUT2D eigenvalue weighted by Gasteiger charge is -2.21. The van der Waals surface area contributed by atoms with Crippen molar-refractivity contribution in [1.82, 2.24) is 9.38 Å². The first-order valence-electron chi connectivity index (χ1n) is 6.06. The summed E-state index contributed by atoms with van der Waals surface area (Å²) in [5, 5.41) is 0. The van der Waals surface area contributed by atoms with E-state index in [2.05, 4.69) is 42.4 Å². The van der Waals surface area contributed by atoms with Gasteiger partial charge in [-0.05, 0) is 36.3 Å². The summed E-state index contributed by atoms with van der Waals surface area (Å²) in [6.45, 7) is 6.79. The number of rotatable bonds is 0. The summed E-state index contributed by atoms with van der Waals surface area (Å²) in [4.78, 5) is 4.53. The van der Waals surface area contributed by atoms with Gasteiger partial charge in [-0.2, -0.15) is 0 Å². The maximum Gasteiger partial charge on any atom is 0.140 e. The zero-order valence-electron chi connectivity index (χ0n) is 10.2. The summed E-state index contributed by atoms with van der Waals surface area (Å²) in [7, 11) is 0. The van der Waals surface area contributed by atoms with E-state index in [0.29, 0.717) is 0 Å². The van der Waals surface area contributed by atoms with E-state index in [0.717, 1.165) is 5.65 Å². The molecule has 0 unspecified atom stereocenters. The van der Waals surface area contributed by atoms with E-state index in [9.17, 15) is 0 Å². The van der Waals surface area contributed by atoms with Crippen molar-refractivity contribution in [3.05, 3.63) is 35.3 Å². The molecule has 0 fully saturated rings. The molecule has 0 radical (unpaired) electrons. The van der Waals surface area contributed by atoms with E-state index in [-0.39, 0.29) is 5.41 Å². The predicted octanol–water partition coefficient (Wildman–Crippen LogP) is 3.12. The van der Waals surface area contributed by atoms with E-state index < -0.39 is 0 Å². The maximum absolute atomic E-state index is 4.53. The highest BCUT2D eigenvalue weighted by Gasteiger charge is 2.23. The van der Waals surface area contributed by atoms with Crippen LogP contribution in [0.5, 0.6) is 0 Å². The lowest BCUT2D eigenvalue weighted by molar-refractivity contribution is 0.590. The first-order valence-corrected chi connectivity index (χ1v) is 6.06. The van der Waals surface area contributed by atoms with Crippen LogP contribution in [-0.2, 0) is 18.3 Å². The van der Waals surface area contributed by atoms with Crippen LogP contribution < -0.4 is 0 Å². The second-order valence-corrected chi connectivity index (χ2v) is 5.75. The van der Waals surface area contributed by atoms with Gasteiger partial charge in [-0.25, -0.2) is 4.98 Å². The fourth-order valence-corrected chi connectivity index (χ4v) is 2.69. The van der Waals surface area contributed by atoms with Gasteiger partial charge < -0.3 is 4.40 Å². The van der Waals surface area contributed by atoms with Crippen molar-refractivity contribution in [3.8, 4) is 0 Å². The summed E-state index contributed by atoms with van der Waals surface area (Å²) < 4.78 is 2.29. The molecular weight excluding hydrogens is 196 g/mol. The van der Waals surface area contributed by atoms with Gasteiger partial charge in [-0.1, -0.05) is 20.8 Å². The molecule has 2 aromatic rings. The Balaban J connectivity index is 2.38. The van der Waals surface area contributed by atoms with Gasteiger partial charge in [0.1, 0.15) is 5.65 Å². The minimum absolute atomic E-state index is 0.171. The van der Waals surface area contributed by atoms with Crippen molar-refractivity contribution in [2.45, 2.75) is 45.4 Å². The molecule has 0 spiro atoms. The molecule has 0 N–H and O–H groups in total. The molecule has 2 aromatic heterocycles. The lowest BCUT2D eigenvalue weighted by Crippen LogP contribution is -2.14. The van der Waals surface area contributed by atoms with E-state index in [1.54, 1.807) is 0 Å². The minimum atomic E-state index is 0.171. The average molecular weight is 214 g/mol. The summed E-state index contributed by atoms with van der Waals surface area (Å²) in [6.07, 6.45) is 7.74. The van der Waals surface area contributed by atoms with Crippen molar-refractivity contribution in [1.29, 1.82) is 0 Å². The molecule has 1 aliphatic rings. The average Bonchev–Trinajstić information content (AvgIpc) is 2.82. The van der Waals surface area contributed by atoms with Crippen molar-refractivity contribution in [2.24, 2.45) is 0 Å². The highest BCUT2D eigenvalue weighted by Crippen LogP contribution is 2.32. The van der Waals surface area contributed by atoms with Crippen LogP contribution in [0, 0.1) is 0 Å². The molecule has 0 saturated heterocycles. The number of hydrogen-bond acceptors (Lipinski definition) is 1. The van der Waals surface area contributed by atoms with Gasteiger partial charge in [0.15, 0.2) is 0 Å². The summed E-state index contributed by atoms with van der Waals surface area (Å²) in [5.74, 6) is 0. The summed E-state index contributed by atoms with van der Waals surface area (Å²) in [5.41, 5.74) is 5.69. The number of imidazole rings is 1. The fraction of sp³-hybridized carbons (Fsp3) is 0.500. The standard InChI is InChI=1S/C14H18N2/c1-14(2,3)11-9-10-5-4-6-12(10)16-8-7-15-13(11)16/h7-9H,4-6H2,1-3H3. The fourth-order valence-electron chi connectivity index (χ4n) is 2.69. The third kappa shape index (κ3) is 1.29. The number of fused-ring (bicyclic) bond motifs is 3. The Kier molecular flexibility index (Phi) is 1.91. The molecule has 1 aliphatic carbocycles. The van der Waals surface area contributed by atoms with Gasteiger partial charge in [-0.3, -0.25) is 0 Å². The second-order valence-electron chi connectivity index (χ2n) is 5.75. The molecule has 0 aliphatic heterocycles. The molecule has 84 valence electrons. The molecule has 2 heterocycles. The third-order valence-corrected chi connectivity index (χ3v) is 3.53. The molecule has 0 atom stereocenters. The van der Waals surface area contributed by atoms with Crippen molar-refractivity contribution < 1.29 is 0 Å². The highest BCUT2D eigenvalue weighted by atomic mass is 15.0. The molecular formula is C14H18N2. The number of nitrogens with zero attached hydrogens (tertiary/aromatic N) is 2. The monoisotopic (exact) mass is 214 g/mol. The zero-order valence-corrected chi connectivity index (χ0v) is 10.2. The number of aromatic nitrogens is 2. The Morgan fingerprint density at radius 2 is 2.06 bits per heavy atom. The SMILES string of the molecule is CC(C)(C)c1cc2c(n3ccnc13)CCC2. The largest absolute Gasteiger partial charge is 0.304 e. The summed E-state index contributed by atoms with van der Waals surface area (Å²) in [6, 6.07) is 2.38. The summed E-state index contributed by atoms with van der Waals surface area (Å²) >= 11 is 0. The quantitative estimate of drug-likeness (QED) is 0.658. The lowest BCUT2D eigenvalue weighted by atomic mass is 9.86. The van der Waals surface area contributed by atoms with E-state index in [1.165, 1.54) is 36.1 Å². The van der Waals surface area contributed by atoms with Gasteiger partial charge in [0.05, 0.1) is 0 Å². The maximum atomic E-state index is 4.53. The van der Waals surface area contributed by atoms with Gasteiger partial charge in [-0.15, -0.1) is 0 Å². The molecule has 0 aromatic carbocycles. The highest BCUT2D eigenvalue weighted by molar-refractivity contribution is 5.55. The molecule has 0 bridgehead atoms. The molecule has 0 amide bonds. The van der Waals surface area contributed by atoms with Crippen LogP contribution in [0.2, 0.25) is 0 Å². The molecule has 2 heteroatoms. The van der Waals surface area contributed by atoms with Crippen LogP contribution in [0.3, 0.4) is 0 Å². The van der Waals surface area contributed by atoms with Crippen molar-refractivity contribution >= 4 is 5.65 Å². The minimum Gasteiger partial charge on any atom is -0.304 e. The van der Waals surface area contributed by atoms with Crippen LogP contribution in [0.15, 0.2) is 18.5 Å². The zero-order chi connectivity index (χ0) is 11.3. The van der Waals surface area contributed by atoms with E-state index in [1.807, 2.05) is 6.20 Å². The first-order chi connectivity index (χ1) is 7.57. The van der Waals surface area contributed by atoms with Crippen LogP contribution in [-0.4, -0.2) is 9.38 Å². The Hall–Kier alpha value is -1.31. The molecule has 3 rings (SSSR count). The van der Waals surface area contributed by atoms with Gasteiger partial charge >= 0.3 is 0 Å². The topological polar surface area (TPSA) is 17.3 Å². The first kappa shape index (κ1) is 9.88. The van der Waals surface area contributed by atoms with E-state index >= 15 is 0 Å². The van der Waals surface area contributed by atoms with E-state index in [4.69, 9.17) is 0 Å². The third-order valence-electron chi connectivity index (χ3n) is 3.53. The normalized spacial score (nSPS) is 15.7. The Morgan fingerprint density at radius 1 is 1.25 bits per heavy atom.